The molecule has 0 spiro atoms. The van der Waals surface area contributed by atoms with Gasteiger partial charge in [-0.2, -0.15) is 0 Å². The molecule has 0 amide bonds. The molecule has 2 rings (SSSR count). The van der Waals surface area contributed by atoms with Crippen molar-refractivity contribution in [2.24, 2.45) is 0 Å². The van der Waals surface area contributed by atoms with Gasteiger partial charge in [-0.1, -0.05) is 0 Å². The summed E-state index contributed by atoms with van der Waals surface area (Å²) in [6.45, 7) is 1.81. The first-order chi connectivity index (χ1) is 7.95. The Labute approximate surface area is 102 Å². The number of hydrogen-bond acceptors (Lipinski definition) is 6. The number of aliphatic hydroxyl groups is 1. The van der Waals surface area contributed by atoms with Gasteiger partial charge in [-0.25, -0.2) is 17.9 Å². The molecule has 2 N–H and O–H groups in total. The van der Waals surface area contributed by atoms with Crippen LogP contribution in [0.4, 0.5) is 0 Å². The SMILES string of the molecule is CCOC(=O)c1cc2c(s1)S(=O)(=O)NCC2O. The fourth-order valence-corrected chi connectivity index (χ4v) is 4.24. The molecule has 1 unspecified atom stereocenters. The first kappa shape index (κ1) is 12.5. The van der Waals surface area contributed by atoms with Crippen molar-refractivity contribution >= 4 is 27.3 Å². The highest BCUT2D eigenvalue weighted by Crippen LogP contribution is 2.34. The van der Waals surface area contributed by atoms with Crippen LogP contribution in [0.15, 0.2) is 10.3 Å². The number of carbonyl (C=O) groups is 1. The summed E-state index contributed by atoms with van der Waals surface area (Å²) >= 11 is 0.809. The number of nitrogens with one attached hydrogen (secondary N) is 1. The number of fused-ring (bicyclic) bond motifs is 1. The van der Waals surface area contributed by atoms with E-state index in [4.69, 9.17) is 4.74 Å². The molecule has 0 aliphatic carbocycles. The smallest absolute Gasteiger partial charge is 0.348 e. The lowest BCUT2D eigenvalue weighted by molar-refractivity contribution is 0.0532. The Morgan fingerprint density at radius 1 is 1.71 bits per heavy atom. The van der Waals surface area contributed by atoms with Crippen molar-refractivity contribution in [1.82, 2.24) is 4.72 Å². The van der Waals surface area contributed by atoms with E-state index in [0.717, 1.165) is 11.3 Å². The summed E-state index contributed by atoms with van der Waals surface area (Å²) < 4.78 is 30.3. The summed E-state index contributed by atoms with van der Waals surface area (Å²) in [6, 6.07) is 1.38. The molecular weight excluding hydrogens is 266 g/mol. The van der Waals surface area contributed by atoms with Gasteiger partial charge in [0.2, 0.25) is 0 Å². The predicted octanol–water partition coefficient (Wildman–Crippen LogP) is 0.250. The van der Waals surface area contributed by atoms with E-state index in [0.29, 0.717) is 0 Å². The largest absolute Gasteiger partial charge is 0.462 e. The van der Waals surface area contributed by atoms with Gasteiger partial charge in [0.25, 0.3) is 10.0 Å². The molecule has 0 radical (unpaired) electrons. The molecule has 0 saturated heterocycles. The Balaban J connectivity index is 2.46. The fraction of sp³-hybridized carbons (Fsp3) is 0.444. The zero-order chi connectivity index (χ0) is 12.6. The number of rotatable bonds is 2. The molecule has 94 valence electrons. The maximum atomic E-state index is 11.6. The molecule has 1 atom stereocenters. The van der Waals surface area contributed by atoms with Crippen LogP contribution in [0.25, 0.3) is 0 Å². The van der Waals surface area contributed by atoms with E-state index in [1.807, 2.05) is 0 Å². The molecule has 1 aliphatic heterocycles. The van der Waals surface area contributed by atoms with Gasteiger partial charge < -0.3 is 9.84 Å². The maximum absolute atomic E-state index is 11.6. The highest BCUT2D eigenvalue weighted by Gasteiger charge is 2.32. The highest BCUT2D eigenvalue weighted by atomic mass is 32.2. The van der Waals surface area contributed by atoms with Gasteiger partial charge in [-0.05, 0) is 13.0 Å². The summed E-state index contributed by atoms with van der Waals surface area (Å²) in [5.41, 5.74) is 0.261. The van der Waals surface area contributed by atoms with Gasteiger partial charge in [0.1, 0.15) is 9.09 Å². The minimum atomic E-state index is -3.60. The molecule has 8 heteroatoms. The number of β-amino-alcohol motifs (C(OH)–C–C–N with tert-alkyl or cyclic N) is 1. The molecular formula is C9H11NO5S2. The van der Waals surface area contributed by atoms with E-state index in [-0.39, 0.29) is 27.8 Å². The third-order valence-corrected chi connectivity index (χ3v) is 5.38. The van der Waals surface area contributed by atoms with Crippen LogP contribution in [0.5, 0.6) is 0 Å². The van der Waals surface area contributed by atoms with E-state index in [2.05, 4.69) is 4.72 Å². The van der Waals surface area contributed by atoms with E-state index < -0.39 is 22.1 Å². The average Bonchev–Trinajstić information content (AvgIpc) is 2.71. The number of ether oxygens (including phenoxy) is 1. The molecule has 1 aliphatic rings. The molecule has 0 fully saturated rings. The third-order valence-electron chi connectivity index (χ3n) is 2.27. The number of esters is 1. The van der Waals surface area contributed by atoms with Crippen molar-refractivity contribution in [3.8, 4) is 0 Å². The van der Waals surface area contributed by atoms with Crippen LogP contribution in [0, 0.1) is 0 Å². The Morgan fingerprint density at radius 2 is 2.41 bits per heavy atom. The van der Waals surface area contributed by atoms with E-state index in [1.165, 1.54) is 6.07 Å². The number of hydrogen-bond donors (Lipinski definition) is 2. The quantitative estimate of drug-likeness (QED) is 0.756. The summed E-state index contributed by atoms with van der Waals surface area (Å²) in [4.78, 5) is 11.7. The molecule has 2 heterocycles. The molecule has 17 heavy (non-hydrogen) atoms. The normalized spacial score (nSPS) is 21.9. The summed E-state index contributed by atoms with van der Waals surface area (Å²) in [7, 11) is -3.60. The van der Waals surface area contributed by atoms with Crippen molar-refractivity contribution in [3.05, 3.63) is 16.5 Å². The zero-order valence-electron chi connectivity index (χ0n) is 8.97. The zero-order valence-corrected chi connectivity index (χ0v) is 10.6. The molecule has 6 nitrogen and oxygen atoms in total. The van der Waals surface area contributed by atoms with Crippen LogP contribution in [-0.2, 0) is 14.8 Å². The highest BCUT2D eigenvalue weighted by molar-refractivity contribution is 7.91. The second-order valence-electron chi connectivity index (χ2n) is 3.44. The van der Waals surface area contributed by atoms with E-state index in [1.54, 1.807) is 6.92 Å². The molecule has 1 aromatic rings. The van der Waals surface area contributed by atoms with Gasteiger partial charge in [0, 0.05) is 12.1 Å². The maximum Gasteiger partial charge on any atom is 0.348 e. The number of carbonyl (C=O) groups excluding carboxylic acids is 1. The predicted molar refractivity (Wildman–Crippen MR) is 60.4 cm³/mol. The lowest BCUT2D eigenvalue weighted by atomic mass is 10.2. The third kappa shape index (κ3) is 2.21. The van der Waals surface area contributed by atoms with Gasteiger partial charge >= 0.3 is 5.97 Å². The van der Waals surface area contributed by atoms with Crippen LogP contribution in [0.1, 0.15) is 28.3 Å². The fourth-order valence-electron chi connectivity index (χ4n) is 1.50. The molecule has 0 aromatic carbocycles. The van der Waals surface area contributed by atoms with E-state index in [9.17, 15) is 18.3 Å². The van der Waals surface area contributed by atoms with Gasteiger partial charge in [-0.3, -0.25) is 0 Å². The minimum Gasteiger partial charge on any atom is -0.462 e. The van der Waals surface area contributed by atoms with Crippen molar-refractivity contribution in [2.45, 2.75) is 17.2 Å². The van der Waals surface area contributed by atoms with Gasteiger partial charge in [-0.15, -0.1) is 11.3 Å². The molecule has 0 bridgehead atoms. The first-order valence-electron chi connectivity index (χ1n) is 4.94. The number of sulfonamides is 1. The van der Waals surface area contributed by atoms with Crippen molar-refractivity contribution < 1.29 is 23.1 Å². The van der Waals surface area contributed by atoms with E-state index >= 15 is 0 Å². The second-order valence-corrected chi connectivity index (χ2v) is 6.46. The number of aliphatic hydroxyl groups excluding tert-OH is 1. The minimum absolute atomic E-state index is 0.0145. The van der Waals surface area contributed by atoms with Crippen molar-refractivity contribution in [1.29, 1.82) is 0 Å². The standard InChI is InChI=1S/C9H11NO5S2/c1-2-15-8(12)7-3-5-6(11)4-10-17(13,14)9(5)16-7/h3,6,10-11H,2,4H2,1H3. The van der Waals surface area contributed by atoms with Gasteiger partial charge in [0.15, 0.2) is 0 Å². The summed E-state index contributed by atoms with van der Waals surface area (Å²) in [5.74, 6) is -0.575. The Bertz CT molecular complexity index is 548. The first-order valence-corrected chi connectivity index (χ1v) is 7.24. The van der Waals surface area contributed by atoms with Crippen molar-refractivity contribution in [2.75, 3.05) is 13.2 Å². The number of thiophene rings is 1. The van der Waals surface area contributed by atoms with Crippen molar-refractivity contribution in [3.63, 3.8) is 0 Å². The van der Waals surface area contributed by atoms with Crippen LogP contribution < -0.4 is 4.72 Å². The van der Waals surface area contributed by atoms with Crippen LogP contribution in [-0.4, -0.2) is 32.6 Å². The monoisotopic (exact) mass is 277 g/mol. The Kier molecular flexibility index (Phi) is 3.21. The van der Waals surface area contributed by atoms with Crippen LogP contribution in [0.3, 0.4) is 0 Å². The second kappa shape index (κ2) is 4.37. The van der Waals surface area contributed by atoms with Gasteiger partial charge in [0.05, 0.1) is 12.7 Å². The average molecular weight is 277 g/mol. The summed E-state index contributed by atoms with van der Waals surface area (Å²) in [6.07, 6.45) is -0.923. The lowest BCUT2D eigenvalue weighted by Gasteiger charge is -2.18. The molecule has 0 saturated carbocycles. The lowest BCUT2D eigenvalue weighted by Crippen LogP contribution is -2.33. The van der Waals surface area contributed by atoms with Crippen LogP contribution in [0.2, 0.25) is 0 Å². The topological polar surface area (TPSA) is 92.7 Å². The Morgan fingerprint density at radius 3 is 3.00 bits per heavy atom. The Hall–Kier alpha value is -0.960. The molecule has 1 aromatic heterocycles. The summed E-state index contributed by atoms with van der Waals surface area (Å²) in [5, 5.41) is 9.65. The van der Waals surface area contributed by atoms with Crippen LogP contribution >= 0.6 is 11.3 Å².